The fourth-order valence-corrected chi connectivity index (χ4v) is 3.03. The molecule has 0 fully saturated rings. The molecule has 3 rings (SSSR count). The van der Waals surface area contributed by atoms with Crippen LogP contribution in [0.4, 0.5) is 4.39 Å². The van der Waals surface area contributed by atoms with Crippen LogP contribution in [0.5, 0.6) is 5.75 Å². The Morgan fingerprint density at radius 3 is 2.56 bits per heavy atom. The average molecular weight is 339 g/mol. The molecule has 2 aromatic carbocycles. The third-order valence-electron chi connectivity index (χ3n) is 4.24. The van der Waals surface area contributed by atoms with Gasteiger partial charge in [-0.1, -0.05) is 18.2 Å². The molecule has 1 heterocycles. The van der Waals surface area contributed by atoms with E-state index < -0.39 is 0 Å². The molecule has 1 unspecified atom stereocenters. The number of rotatable bonds is 6. The summed E-state index contributed by atoms with van der Waals surface area (Å²) in [6.07, 6.45) is 0. The highest BCUT2D eigenvalue weighted by atomic mass is 19.1. The highest BCUT2D eigenvalue weighted by Gasteiger charge is 2.21. The third-order valence-corrected chi connectivity index (χ3v) is 4.24. The molecule has 1 aromatic heterocycles. The maximum Gasteiger partial charge on any atom is 0.123 e. The minimum Gasteiger partial charge on any atom is -0.494 e. The molecule has 0 amide bonds. The van der Waals surface area contributed by atoms with Gasteiger partial charge in [-0.3, -0.25) is 4.68 Å². The number of nitrogens with two attached hydrogens (primary N) is 1. The standard InChI is InChI=1S/C20H22FN3O/c1-3-25-20-7-5-4-6-16(20)17(13-22)19-12-18(23-24(19)2)14-8-10-15(21)11-9-14/h4-12,17H,3,13,22H2,1-2H3. The van der Waals surface area contributed by atoms with E-state index in [4.69, 9.17) is 10.5 Å². The van der Waals surface area contributed by atoms with Gasteiger partial charge in [-0.25, -0.2) is 4.39 Å². The fraction of sp³-hybridized carbons (Fsp3) is 0.250. The van der Waals surface area contributed by atoms with E-state index in [-0.39, 0.29) is 11.7 Å². The summed E-state index contributed by atoms with van der Waals surface area (Å²) in [5.41, 5.74) is 9.80. The number of halogens is 1. The van der Waals surface area contributed by atoms with Crippen molar-refractivity contribution in [1.29, 1.82) is 0 Å². The number of aryl methyl sites for hydroxylation is 1. The topological polar surface area (TPSA) is 53.1 Å². The molecule has 5 heteroatoms. The van der Waals surface area contributed by atoms with Gasteiger partial charge >= 0.3 is 0 Å². The Labute approximate surface area is 147 Å². The summed E-state index contributed by atoms with van der Waals surface area (Å²) in [5, 5.41) is 4.58. The van der Waals surface area contributed by atoms with Gasteiger partial charge in [-0.15, -0.1) is 0 Å². The van der Waals surface area contributed by atoms with Gasteiger partial charge in [0.1, 0.15) is 11.6 Å². The van der Waals surface area contributed by atoms with E-state index in [1.807, 2.05) is 49.0 Å². The summed E-state index contributed by atoms with van der Waals surface area (Å²) in [6, 6.07) is 16.3. The van der Waals surface area contributed by atoms with Crippen molar-refractivity contribution >= 4 is 0 Å². The molecule has 3 aromatic rings. The van der Waals surface area contributed by atoms with Crippen LogP contribution < -0.4 is 10.5 Å². The van der Waals surface area contributed by atoms with Crippen molar-refractivity contribution in [3.63, 3.8) is 0 Å². The van der Waals surface area contributed by atoms with E-state index in [0.717, 1.165) is 28.3 Å². The zero-order valence-electron chi connectivity index (χ0n) is 14.4. The Morgan fingerprint density at radius 1 is 1.16 bits per heavy atom. The second-order valence-electron chi connectivity index (χ2n) is 5.84. The van der Waals surface area contributed by atoms with Gasteiger partial charge in [-0.2, -0.15) is 5.10 Å². The second kappa shape index (κ2) is 7.49. The zero-order valence-corrected chi connectivity index (χ0v) is 14.4. The van der Waals surface area contributed by atoms with Gasteiger partial charge in [0.15, 0.2) is 0 Å². The smallest absolute Gasteiger partial charge is 0.123 e. The largest absolute Gasteiger partial charge is 0.494 e. The SMILES string of the molecule is CCOc1ccccc1C(CN)c1cc(-c2ccc(F)cc2)nn1C. The number of nitrogens with zero attached hydrogens (tertiary/aromatic N) is 2. The van der Waals surface area contributed by atoms with Crippen LogP contribution in [0.15, 0.2) is 54.6 Å². The molecular formula is C20H22FN3O. The fourth-order valence-electron chi connectivity index (χ4n) is 3.03. The first-order chi connectivity index (χ1) is 12.1. The first-order valence-corrected chi connectivity index (χ1v) is 8.35. The Hall–Kier alpha value is -2.66. The lowest BCUT2D eigenvalue weighted by Crippen LogP contribution is -2.18. The van der Waals surface area contributed by atoms with E-state index in [9.17, 15) is 4.39 Å². The molecule has 1 atom stereocenters. The van der Waals surface area contributed by atoms with Crippen LogP contribution in [-0.2, 0) is 7.05 Å². The number of hydrogen-bond acceptors (Lipinski definition) is 3. The number of benzene rings is 2. The quantitative estimate of drug-likeness (QED) is 0.745. The van der Waals surface area contributed by atoms with Crippen LogP contribution in [0, 0.1) is 5.82 Å². The normalized spacial score (nSPS) is 12.2. The van der Waals surface area contributed by atoms with Gasteiger partial charge < -0.3 is 10.5 Å². The monoisotopic (exact) mass is 339 g/mol. The lowest BCUT2D eigenvalue weighted by molar-refractivity contribution is 0.335. The number of ether oxygens (including phenoxy) is 1. The van der Waals surface area contributed by atoms with Crippen LogP contribution in [0.2, 0.25) is 0 Å². The third kappa shape index (κ3) is 3.56. The summed E-state index contributed by atoms with van der Waals surface area (Å²) >= 11 is 0. The lowest BCUT2D eigenvalue weighted by atomic mass is 9.94. The van der Waals surface area contributed by atoms with Crippen LogP contribution in [-0.4, -0.2) is 22.9 Å². The van der Waals surface area contributed by atoms with Crippen molar-refractivity contribution in [2.75, 3.05) is 13.2 Å². The first kappa shape index (κ1) is 17.2. The highest BCUT2D eigenvalue weighted by molar-refractivity contribution is 5.60. The van der Waals surface area contributed by atoms with E-state index >= 15 is 0 Å². The van der Waals surface area contributed by atoms with Gasteiger partial charge in [0, 0.05) is 36.3 Å². The summed E-state index contributed by atoms with van der Waals surface area (Å²) in [6.45, 7) is 3.00. The molecule has 0 aliphatic rings. The zero-order chi connectivity index (χ0) is 17.8. The molecule has 0 spiro atoms. The highest BCUT2D eigenvalue weighted by Crippen LogP contribution is 2.33. The van der Waals surface area contributed by atoms with E-state index in [0.29, 0.717) is 13.2 Å². The Balaban J connectivity index is 2.01. The van der Waals surface area contributed by atoms with E-state index in [1.165, 1.54) is 12.1 Å². The van der Waals surface area contributed by atoms with Gasteiger partial charge in [0.25, 0.3) is 0 Å². The summed E-state index contributed by atoms with van der Waals surface area (Å²) in [4.78, 5) is 0. The molecule has 0 bridgehead atoms. The van der Waals surface area contributed by atoms with Crippen LogP contribution >= 0.6 is 0 Å². The van der Waals surface area contributed by atoms with Crippen molar-refractivity contribution in [1.82, 2.24) is 9.78 Å². The van der Waals surface area contributed by atoms with Crippen LogP contribution in [0.25, 0.3) is 11.3 Å². The van der Waals surface area contributed by atoms with Gasteiger partial charge in [-0.05, 0) is 43.3 Å². The van der Waals surface area contributed by atoms with Crippen LogP contribution in [0.3, 0.4) is 0 Å². The van der Waals surface area contributed by atoms with E-state index in [2.05, 4.69) is 5.10 Å². The van der Waals surface area contributed by atoms with Crippen molar-refractivity contribution < 1.29 is 9.13 Å². The van der Waals surface area contributed by atoms with Gasteiger partial charge in [0.2, 0.25) is 0 Å². The molecule has 0 saturated heterocycles. The van der Waals surface area contributed by atoms with Crippen molar-refractivity contribution in [2.24, 2.45) is 12.8 Å². The molecule has 0 aliphatic heterocycles. The number of aromatic nitrogens is 2. The molecule has 0 aliphatic carbocycles. The molecule has 25 heavy (non-hydrogen) atoms. The summed E-state index contributed by atoms with van der Waals surface area (Å²) < 4.78 is 20.7. The predicted octanol–water partition coefficient (Wildman–Crippen LogP) is 3.72. The lowest BCUT2D eigenvalue weighted by Gasteiger charge is -2.19. The number of hydrogen-bond donors (Lipinski definition) is 1. The summed E-state index contributed by atoms with van der Waals surface area (Å²) in [5.74, 6) is 0.546. The Kier molecular flexibility index (Phi) is 5.14. The molecule has 2 N–H and O–H groups in total. The Morgan fingerprint density at radius 2 is 1.88 bits per heavy atom. The molecule has 0 saturated carbocycles. The van der Waals surface area contributed by atoms with Crippen molar-refractivity contribution in [3.8, 4) is 17.0 Å². The molecule has 4 nitrogen and oxygen atoms in total. The van der Waals surface area contributed by atoms with Crippen LogP contribution in [0.1, 0.15) is 24.1 Å². The second-order valence-corrected chi connectivity index (χ2v) is 5.84. The van der Waals surface area contributed by atoms with Crippen molar-refractivity contribution in [2.45, 2.75) is 12.8 Å². The summed E-state index contributed by atoms with van der Waals surface area (Å²) in [7, 11) is 1.90. The Bertz CT molecular complexity index is 842. The van der Waals surface area contributed by atoms with E-state index in [1.54, 1.807) is 12.1 Å². The minimum absolute atomic E-state index is 0.0329. The average Bonchev–Trinajstić information content (AvgIpc) is 3.00. The number of para-hydroxylation sites is 1. The maximum absolute atomic E-state index is 13.2. The first-order valence-electron chi connectivity index (χ1n) is 8.35. The maximum atomic E-state index is 13.2. The molecular weight excluding hydrogens is 317 g/mol. The van der Waals surface area contributed by atoms with Crippen molar-refractivity contribution in [3.05, 3.63) is 71.7 Å². The minimum atomic E-state index is -0.259. The molecule has 130 valence electrons. The molecule has 0 radical (unpaired) electrons. The van der Waals surface area contributed by atoms with Gasteiger partial charge in [0.05, 0.1) is 12.3 Å². The predicted molar refractivity (Wildman–Crippen MR) is 97.1 cm³/mol.